The van der Waals surface area contributed by atoms with Crippen LogP contribution in [0.1, 0.15) is 43.0 Å². The number of ether oxygens (including phenoxy) is 1. The van der Waals surface area contributed by atoms with Crippen LogP contribution in [0.2, 0.25) is 0 Å². The summed E-state index contributed by atoms with van der Waals surface area (Å²) in [5.41, 5.74) is 8.40. The predicted molar refractivity (Wildman–Crippen MR) is 152 cm³/mol. The Morgan fingerprint density at radius 1 is 1.07 bits per heavy atom. The van der Waals surface area contributed by atoms with Gasteiger partial charge in [-0.15, -0.1) is 0 Å². The maximum atomic E-state index is 13.2. The molecule has 3 aliphatic heterocycles. The highest BCUT2D eigenvalue weighted by atomic mass is 32.2. The Balaban J connectivity index is 0.945. The van der Waals surface area contributed by atoms with Gasteiger partial charge in [-0.25, -0.2) is 19.7 Å². The molecular formula is C29H32N8O3S. The topological polar surface area (TPSA) is 134 Å². The number of pyridine rings is 2. The van der Waals surface area contributed by atoms with Crippen LogP contribution in [0.15, 0.2) is 52.9 Å². The molecule has 3 fully saturated rings. The van der Waals surface area contributed by atoms with E-state index in [0.29, 0.717) is 31.3 Å². The van der Waals surface area contributed by atoms with Gasteiger partial charge < -0.3 is 25.4 Å². The Morgan fingerprint density at radius 3 is 2.68 bits per heavy atom. The third-order valence-corrected chi connectivity index (χ3v) is 10.4. The highest BCUT2D eigenvalue weighted by Crippen LogP contribution is 2.50. The molecule has 41 heavy (non-hydrogen) atoms. The highest BCUT2D eigenvalue weighted by Gasteiger charge is 2.50. The lowest BCUT2D eigenvalue weighted by molar-refractivity contribution is 0.109. The van der Waals surface area contributed by atoms with Crippen molar-refractivity contribution in [3.63, 3.8) is 0 Å². The van der Waals surface area contributed by atoms with E-state index in [2.05, 4.69) is 20.9 Å². The summed E-state index contributed by atoms with van der Waals surface area (Å²) < 4.78 is 6.14. The molecule has 1 saturated carbocycles. The third-order valence-electron chi connectivity index (χ3n) is 9.44. The minimum Gasteiger partial charge on any atom is -0.486 e. The van der Waals surface area contributed by atoms with Gasteiger partial charge >= 0.3 is 6.03 Å². The van der Waals surface area contributed by atoms with Gasteiger partial charge in [-0.1, -0.05) is 17.8 Å². The number of nitrogens with two attached hydrogens (primary N) is 1. The number of nitrogens with zero attached hydrogens (tertiary/aromatic N) is 7. The van der Waals surface area contributed by atoms with Crippen molar-refractivity contribution in [1.82, 2.24) is 24.8 Å². The van der Waals surface area contributed by atoms with Gasteiger partial charge in [-0.3, -0.25) is 9.88 Å². The highest BCUT2D eigenvalue weighted by molar-refractivity contribution is 7.99. The van der Waals surface area contributed by atoms with E-state index in [1.807, 2.05) is 24.5 Å². The molecule has 3 N–H and O–H groups in total. The summed E-state index contributed by atoms with van der Waals surface area (Å²) in [5, 5.41) is 11.1. The van der Waals surface area contributed by atoms with E-state index in [0.717, 1.165) is 66.6 Å². The Bertz CT molecular complexity index is 1510. The van der Waals surface area contributed by atoms with Crippen molar-refractivity contribution in [1.29, 1.82) is 0 Å². The first kappa shape index (κ1) is 25.2. The number of urea groups is 1. The number of anilines is 2. The zero-order valence-electron chi connectivity index (χ0n) is 22.6. The number of aliphatic hydroxyl groups is 1. The molecule has 3 aromatic heterocycles. The maximum Gasteiger partial charge on any atom is 0.326 e. The van der Waals surface area contributed by atoms with Crippen molar-refractivity contribution in [2.75, 3.05) is 42.6 Å². The van der Waals surface area contributed by atoms with E-state index in [9.17, 15) is 9.90 Å². The zero-order chi connectivity index (χ0) is 27.8. The second-order valence-electron chi connectivity index (χ2n) is 12.0. The molecule has 0 aromatic carbocycles. The van der Waals surface area contributed by atoms with Crippen LogP contribution in [-0.4, -0.2) is 80.4 Å². The number of aromatic nitrogens is 4. The van der Waals surface area contributed by atoms with Crippen LogP contribution in [0.3, 0.4) is 0 Å². The van der Waals surface area contributed by atoms with Crippen molar-refractivity contribution in [2.45, 2.75) is 59.7 Å². The van der Waals surface area contributed by atoms with Gasteiger partial charge in [0.05, 0.1) is 35.5 Å². The molecule has 8 rings (SSSR count). The number of fused-ring (bicyclic) bond motifs is 4. The van der Waals surface area contributed by atoms with Crippen LogP contribution < -0.4 is 20.3 Å². The Morgan fingerprint density at radius 2 is 1.93 bits per heavy atom. The van der Waals surface area contributed by atoms with Gasteiger partial charge in [0, 0.05) is 43.8 Å². The minimum atomic E-state index is -0.730. The number of carbonyl (C=O) groups excluding carboxylic acids is 1. The zero-order valence-corrected chi connectivity index (χ0v) is 23.5. The van der Waals surface area contributed by atoms with Crippen molar-refractivity contribution in [3.8, 4) is 5.75 Å². The van der Waals surface area contributed by atoms with Crippen LogP contribution in [0.5, 0.6) is 5.75 Å². The van der Waals surface area contributed by atoms with Crippen LogP contribution in [0, 0.1) is 5.41 Å². The molecule has 1 spiro atoms. The summed E-state index contributed by atoms with van der Waals surface area (Å²) in [6.07, 6.45) is 11.6. The monoisotopic (exact) mass is 572 g/mol. The second-order valence-corrected chi connectivity index (χ2v) is 13.1. The largest absolute Gasteiger partial charge is 0.486 e. The number of β-amino-alcohol motifs (C(OH)–C–C–N with tert-alkyl or cyclic N) is 1. The van der Waals surface area contributed by atoms with Crippen LogP contribution in [0.4, 0.5) is 16.4 Å². The molecule has 2 atom stereocenters. The summed E-state index contributed by atoms with van der Waals surface area (Å²) in [4.78, 5) is 38.3. The maximum absolute atomic E-state index is 13.2. The number of hydrogen-bond donors (Lipinski definition) is 2. The number of rotatable bonds is 5. The summed E-state index contributed by atoms with van der Waals surface area (Å²) in [6.45, 7) is 3.04. The van der Waals surface area contributed by atoms with Gasteiger partial charge in [0.15, 0.2) is 11.6 Å². The number of carbonyl (C=O) groups is 1. The summed E-state index contributed by atoms with van der Waals surface area (Å²) >= 11 is 1.45. The lowest BCUT2D eigenvalue weighted by atomic mass is 9.73. The first-order chi connectivity index (χ1) is 19.9. The molecule has 11 nitrogen and oxygen atoms in total. The first-order valence-corrected chi connectivity index (χ1v) is 15.1. The smallest absolute Gasteiger partial charge is 0.326 e. The predicted octanol–water partition coefficient (Wildman–Crippen LogP) is 2.79. The molecule has 3 aromatic rings. The molecule has 2 saturated heterocycles. The molecule has 0 bridgehead atoms. The fourth-order valence-electron chi connectivity index (χ4n) is 6.85. The quantitative estimate of drug-likeness (QED) is 0.470. The summed E-state index contributed by atoms with van der Waals surface area (Å²) in [5.74, 6) is 1.97. The summed E-state index contributed by atoms with van der Waals surface area (Å²) in [7, 11) is 0. The SMILES string of the molecule is N[C@@H]1c2cccnc2CC12CCN(c1cnc(Sc3ccnc4c3OCC3CN(CC5(O)CC5)C(=O)N43)cn1)CC2. The molecule has 212 valence electrons. The van der Waals surface area contributed by atoms with Gasteiger partial charge in [0.25, 0.3) is 0 Å². The van der Waals surface area contributed by atoms with E-state index in [4.69, 9.17) is 20.4 Å². The summed E-state index contributed by atoms with van der Waals surface area (Å²) in [6, 6.07) is 5.78. The molecule has 2 amide bonds. The molecule has 1 unspecified atom stereocenters. The standard InChI is InChI=1S/C29H32N8O3S/c30-25-19-2-1-8-31-20(19)12-28(25)6-10-35(11-7-28)22-13-34-23(14-33-22)41-21-3-9-32-26-24(21)40-16-18-15-36(27(38)37(18)26)17-29(39)4-5-29/h1-3,8-9,13-14,18,25,39H,4-7,10-12,15-17,30H2/t18?,25-/m1/s1. The Kier molecular flexibility index (Phi) is 5.71. The van der Waals surface area contributed by atoms with E-state index < -0.39 is 5.60 Å². The molecule has 0 radical (unpaired) electrons. The molecule has 2 aliphatic carbocycles. The van der Waals surface area contributed by atoms with Gasteiger partial charge in [-0.2, -0.15) is 0 Å². The van der Waals surface area contributed by atoms with Crippen molar-refractivity contribution < 1.29 is 14.6 Å². The van der Waals surface area contributed by atoms with E-state index >= 15 is 0 Å². The van der Waals surface area contributed by atoms with Crippen LogP contribution in [0.25, 0.3) is 0 Å². The van der Waals surface area contributed by atoms with E-state index in [1.165, 1.54) is 17.3 Å². The molecular weight excluding hydrogens is 540 g/mol. The molecule has 5 aliphatic rings. The molecule has 6 heterocycles. The lowest BCUT2D eigenvalue weighted by Crippen LogP contribution is -2.44. The number of amides is 2. The number of hydrogen-bond acceptors (Lipinski definition) is 10. The van der Waals surface area contributed by atoms with Gasteiger partial charge in [-0.05, 0) is 55.2 Å². The fraction of sp³-hybridized carbons (Fsp3) is 0.483. The Hall–Kier alpha value is -3.48. The van der Waals surface area contributed by atoms with Crippen LogP contribution in [-0.2, 0) is 6.42 Å². The minimum absolute atomic E-state index is 0.0328. The average molecular weight is 573 g/mol. The van der Waals surface area contributed by atoms with Crippen molar-refractivity contribution in [3.05, 3.63) is 54.2 Å². The second kappa shape index (κ2) is 9.27. The molecule has 12 heteroatoms. The van der Waals surface area contributed by atoms with Crippen LogP contribution >= 0.6 is 11.8 Å². The number of piperidine rings is 1. The average Bonchev–Trinajstić information content (AvgIpc) is 3.55. The van der Waals surface area contributed by atoms with Crippen molar-refractivity contribution in [2.24, 2.45) is 11.1 Å². The fourth-order valence-corrected chi connectivity index (χ4v) is 7.66. The normalized spacial score (nSPS) is 25.1. The van der Waals surface area contributed by atoms with Crippen molar-refractivity contribution >= 4 is 29.4 Å². The van der Waals surface area contributed by atoms with Gasteiger partial charge in [0.2, 0.25) is 0 Å². The van der Waals surface area contributed by atoms with E-state index in [-0.39, 0.29) is 23.5 Å². The third kappa shape index (κ3) is 4.22. The van der Waals surface area contributed by atoms with Gasteiger partial charge in [0.1, 0.15) is 17.5 Å². The van der Waals surface area contributed by atoms with E-state index in [1.54, 1.807) is 22.2 Å². The first-order valence-electron chi connectivity index (χ1n) is 14.3. The Labute approximate surface area is 242 Å². The lowest BCUT2D eigenvalue weighted by Gasteiger charge is -2.42.